The monoisotopic (exact) mass is 1090 g/mol. The molecule has 0 heterocycles. The summed E-state index contributed by atoms with van der Waals surface area (Å²) < 4.78 is 568. The van der Waals surface area contributed by atoms with Gasteiger partial charge in [-0.15, -0.1) is 0 Å². The van der Waals surface area contributed by atoms with Crippen molar-refractivity contribution in [1.82, 2.24) is 0 Å². The Kier molecular flexibility index (Phi) is 14.2. The summed E-state index contributed by atoms with van der Waals surface area (Å²) in [6, 6.07) is 0. The zero-order valence-corrected chi connectivity index (χ0v) is 27.7. The lowest BCUT2D eigenvalue weighted by Gasteiger charge is -2.48. The van der Waals surface area contributed by atoms with Crippen molar-refractivity contribution < 1.29 is 193 Å². The van der Waals surface area contributed by atoms with E-state index in [2.05, 4.69) is 0 Å². The summed E-state index contributed by atoms with van der Waals surface area (Å²) >= 11 is 0. The van der Waals surface area contributed by atoms with E-state index in [4.69, 9.17) is 0 Å². The second-order valence-corrected chi connectivity index (χ2v) is 14.1. The SMILES string of the molecule is FC(F)(F)C(F)(F)C(F)(F)C(F)(F)O[Si](OC(F)(F)C(F)(F)C(F)(F)C(F)(F)F)(C(F)(F)F)C(F)(F)C(F)(F)C(F)(F)C(F)(F)C(F)(F)C(F)(F)C(F)(F)C(F)(F)C(F)(F)C(F)(F)F. The highest BCUT2D eigenvalue weighted by Gasteiger charge is 3.02. The lowest BCUT2D eigenvalue weighted by Crippen LogP contribution is -2.84. The Hall–Kier alpha value is -2.80. The zero-order valence-electron chi connectivity index (χ0n) is 26.7. The average Bonchev–Trinajstić information content (AvgIpc) is 3.00. The fourth-order valence-corrected chi connectivity index (χ4v) is 5.85. The maximum Gasteiger partial charge on any atom is 0.546 e. The van der Waals surface area contributed by atoms with Gasteiger partial charge in [-0.2, -0.15) is 184 Å². The van der Waals surface area contributed by atoms with Gasteiger partial charge in [0.15, 0.2) is 0 Å². The molecule has 0 aromatic heterocycles. The van der Waals surface area contributed by atoms with Gasteiger partial charge in [0, 0.05) is 0 Å². The van der Waals surface area contributed by atoms with Crippen molar-refractivity contribution in [2.75, 3.05) is 0 Å². The largest absolute Gasteiger partial charge is 0.546 e. The van der Waals surface area contributed by atoms with E-state index < -0.39 is 122 Å². The van der Waals surface area contributed by atoms with E-state index in [9.17, 15) is 184 Å². The predicted octanol–water partition coefficient (Wildman–Crippen LogP) is 13.2. The third-order valence-corrected chi connectivity index (χ3v) is 10.0. The molecule has 386 valence electrons. The van der Waals surface area contributed by atoms with Crippen LogP contribution in [0.25, 0.3) is 0 Å². The van der Waals surface area contributed by atoms with Crippen molar-refractivity contribution in [2.45, 2.75) is 113 Å². The lowest BCUT2D eigenvalue weighted by molar-refractivity contribution is -0.475. The first-order valence-corrected chi connectivity index (χ1v) is 14.8. The average molecular weight is 1090 g/mol. The van der Waals surface area contributed by atoms with Crippen molar-refractivity contribution in [3.63, 3.8) is 0 Å². The summed E-state index contributed by atoms with van der Waals surface area (Å²) in [5.41, 5.74) is -11.0. The second kappa shape index (κ2) is 14.8. The highest BCUT2D eigenvalue weighted by Crippen LogP contribution is 2.69. The second-order valence-electron chi connectivity index (χ2n) is 11.3. The molecule has 0 bridgehead atoms. The number of alkyl halides is 42. The molecular formula is C19F42O2Si. The minimum Gasteiger partial charge on any atom is -0.320 e. The van der Waals surface area contributed by atoms with Crippen LogP contribution in [0.4, 0.5) is 184 Å². The smallest absolute Gasteiger partial charge is 0.320 e. The molecule has 0 aromatic carbocycles. The topological polar surface area (TPSA) is 18.5 Å². The summed E-state index contributed by atoms with van der Waals surface area (Å²) in [6.45, 7) is 0. The summed E-state index contributed by atoms with van der Waals surface area (Å²) in [7, 11) is -13.2. The molecule has 0 spiro atoms. The van der Waals surface area contributed by atoms with E-state index in [-0.39, 0.29) is 0 Å². The first-order chi connectivity index (χ1) is 26.7. The van der Waals surface area contributed by atoms with Gasteiger partial charge in [-0.3, -0.25) is 0 Å². The van der Waals surface area contributed by atoms with E-state index in [1.165, 1.54) is 0 Å². The van der Waals surface area contributed by atoms with E-state index in [1.807, 2.05) is 0 Å². The Morgan fingerprint density at radius 1 is 0.188 bits per heavy atom. The maximum absolute atomic E-state index is 15.0. The van der Waals surface area contributed by atoms with Gasteiger partial charge < -0.3 is 8.85 Å². The van der Waals surface area contributed by atoms with E-state index in [0.29, 0.717) is 8.85 Å². The standard InChI is InChI=1S/C19F42O2Si/c20-1(21,3(24,25)5(28,29)7(32,33)13(44,45)46)2(22,23)4(26,27)6(30,31)12(42,43)18(57,58)64(19(59,60)61,62-16(53,54)10(38,39)8(34,35)14(47,48)49)63-17(55,56)11(40,41)9(36,37)15(50,51)52. The molecule has 0 aliphatic rings. The molecule has 0 saturated carbocycles. The van der Waals surface area contributed by atoms with Crippen molar-refractivity contribution in [3.05, 3.63) is 0 Å². The van der Waals surface area contributed by atoms with Crippen LogP contribution in [0, 0.1) is 0 Å². The molecule has 0 aliphatic heterocycles. The molecule has 0 saturated heterocycles. The van der Waals surface area contributed by atoms with Crippen LogP contribution in [0.5, 0.6) is 0 Å². The lowest BCUT2D eigenvalue weighted by atomic mass is 9.87. The molecule has 0 radical (unpaired) electrons. The molecule has 0 unspecified atom stereocenters. The van der Waals surface area contributed by atoms with Crippen molar-refractivity contribution in [2.24, 2.45) is 0 Å². The van der Waals surface area contributed by atoms with Crippen LogP contribution >= 0.6 is 0 Å². The Morgan fingerprint density at radius 3 is 0.516 bits per heavy atom. The van der Waals surface area contributed by atoms with Gasteiger partial charge >= 0.3 is 122 Å². The van der Waals surface area contributed by atoms with Crippen LogP contribution in [0.15, 0.2) is 0 Å². The van der Waals surface area contributed by atoms with E-state index in [0.717, 1.165) is 0 Å². The highest BCUT2D eigenvalue weighted by molar-refractivity contribution is 6.72. The van der Waals surface area contributed by atoms with Gasteiger partial charge in [-0.05, 0) is 0 Å². The van der Waals surface area contributed by atoms with Crippen molar-refractivity contribution >= 4 is 8.56 Å². The number of rotatable bonds is 17. The van der Waals surface area contributed by atoms with Crippen LogP contribution in [0.2, 0.25) is 0 Å². The molecule has 0 rings (SSSR count). The number of halogens is 42. The van der Waals surface area contributed by atoms with Crippen molar-refractivity contribution in [1.29, 1.82) is 0 Å². The minimum atomic E-state index is -13.2. The molecule has 0 atom stereocenters. The third kappa shape index (κ3) is 7.62. The quantitative estimate of drug-likeness (QED) is 0.107. The van der Waals surface area contributed by atoms with E-state index >= 15 is 0 Å². The fraction of sp³-hybridized carbons (Fsp3) is 1.00. The third-order valence-electron chi connectivity index (χ3n) is 7.07. The van der Waals surface area contributed by atoms with Gasteiger partial charge in [0.1, 0.15) is 0 Å². The molecule has 0 aromatic rings. The Bertz CT molecular complexity index is 1610. The van der Waals surface area contributed by atoms with Gasteiger partial charge in [0.2, 0.25) is 0 Å². The normalized spacial score (nSPS) is 17.3. The molecule has 0 N–H and O–H groups in total. The number of hydrogen-bond donors (Lipinski definition) is 0. The van der Waals surface area contributed by atoms with Crippen LogP contribution in [0.3, 0.4) is 0 Å². The van der Waals surface area contributed by atoms with Crippen LogP contribution < -0.4 is 0 Å². The first kappa shape index (κ1) is 61.2. The Morgan fingerprint density at radius 2 is 0.344 bits per heavy atom. The van der Waals surface area contributed by atoms with Crippen molar-refractivity contribution in [3.8, 4) is 0 Å². The first-order valence-electron chi connectivity index (χ1n) is 13.0. The molecule has 45 heteroatoms. The molecule has 0 fully saturated rings. The van der Waals surface area contributed by atoms with Gasteiger partial charge in [-0.1, -0.05) is 0 Å². The molecule has 64 heavy (non-hydrogen) atoms. The molecule has 0 amide bonds. The van der Waals surface area contributed by atoms with E-state index in [1.54, 1.807) is 0 Å². The summed E-state index contributed by atoms with van der Waals surface area (Å²) in [5, 5.41) is 0. The van der Waals surface area contributed by atoms with Gasteiger partial charge in [-0.25, -0.2) is 0 Å². The molecular weight excluding hydrogens is 1090 g/mol. The number of hydrogen-bond acceptors (Lipinski definition) is 2. The Labute approximate surface area is 316 Å². The van der Waals surface area contributed by atoms with Gasteiger partial charge in [0.05, 0.1) is 0 Å². The summed E-state index contributed by atoms with van der Waals surface area (Å²) in [6.07, 6.45) is -46.0. The zero-order chi connectivity index (χ0) is 53.4. The highest BCUT2D eigenvalue weighted by atomic mass is 28.4. The minimum absolute atomic E-state index is 0.482. The Balaban J connectivity index is 9.05. The van der Waals surface area contributed by atoms with Crippen LogP contribution in [-0.2, 0) is 8.85 Å². The van der Waals surface area contributed by atoms with Gasteiger partial charge in [0.25, 0.3) is 0 Å². The molecule has 0 aliphatic carbocycles. The molecule has 2 nitrogen and oxygen atoms in total. The van der Waals surface area contributed by atoms with Crippen LogP contribution in [0.1, 0.15) is 0 Å². The summed E-state index contributed by atoms with van der Waals surface area (Å²) in [5.74, 6) is -130. The maximum atomic E-state index is 15.0. The summed E-state index contributed by atoms with van der Waals surface area (Å²) in [4.78, 5) is 0. The fourth-order valence-electron chi connectivity index (χ4n) is 3.42. The predicted molar refractivity (Wildman–Crippen MR) is 106 cm³/mol. The van der Waals surface area contributed by atoms with Crippen LogP contribution in [-0.4, -0.2) is 122 Å².